The molecule has 0 unspecified atom stereocenters. The molecule has 4 rings (SSSR count). The summed E-state index contributed by atoms with van der Waals surface area (Å²) in [5, 5.41) is 4.75. The molecule has 0 amide bonds. The summed E-state index contributed by atoms with van der Waals surface area (Å²) in [7, 11) is 1.65. The number of methoxy groups -OCH3 is 1. The van der Waals surface area contributed by atoms with E-state index in [4.69, 9.17) is 14.8 Å². The zero-order valence-electron chi connectivity index (χ0n) is 17.5. The first-order chi connectivity index (χ1) is 13.8. The van der Waals surface area contributed by atoms with Gasteiger partial charge in [-0.2, -0.15) is 5.10 Å². The minimum Gasteiger partial charge on any atom is -0.497 e. The number of rotatable bonds is 5. The predicted molar refractivity (Wildman–Crippen MR) is 111 cm³/mol. The molecule has 3 aromatic rings. The highest BCUT2D eigenvalue weighted by Crippen LogP contribution is 2.37. The summed E-state index contributed by atoms with van der Waals surface area (Å²) in [6.07, 6.45) is 2.65. The normalized spacial score (nSPS) is 13.2. The maximum Gasteiger partial charge on any atom is 0.163 e. The summed E-state index contributed by atoms with van der Waals surface area (Å²) in [6.45, 7) is 6.93. The number of fused-ring (bicyclic) bond motifs is 2. The molecule has 6 nitrogen and oxygen atoms in total. The molecule has 0 saturated heterocycles. The van der Waals surface area contributed by atoms with Gasteiger partial charge in [0.25, 0.3) is 0 Å². The topological polar surface area (TPSA) is 73.6 Å². The Morgan fingerprint density at radius 2 is 1.86 bits per heavy atom. The third-order valence-electron chi connectivity index (χ3n) is 5.79. The fourth-order valence-corrected chi connectivity index (χ4v) is 4.50. The van der Waals surface area contributed by atoms with Crippen molar-refractivity contribution in [1.29, 1.82) is 0 Å². The van der Waals surface area contributed by atoms with Gasteiger partial charge in [-0.05, 0) is 75.8 Å². The van der Waals surface area contributed by atoms with E-state index in [1.807, 2.05) is 32.0 Å². The molecule has 1 aromatic carbocycles. The summed E-state index contributed by atoms with van der Waals surface area (Å²) in [5.74, 6) is -0.330. The third kappa shape index (κ3) is 3.03. The molecule has 0 saturated carbocycles. The number of nitrogens with zero attached hydrogens (tertiary/aromatic N) is 3. The summed E-state index contributed by atoms with van der Waals surface area (Å²) in [5.41, 5.74) is 7.23. The number of carbonyl (C=O) groups excluding carboxylic acids is 2. The van der Waals surface area contributed by atoms with Crippen LogP contribution in [0.15, 0.2) is 18.2 Å². The number of ether oxygens (including phenoxy) is 1. The lowest BCUT2D eigenvalue weighted by Crippen LogP contribution is -2.23. The van der Waals surface area contributed by atoms with Gasteiger partial charge in [0, 0.05) is 11.3 Å². The molecule has 6 heteroatoms. The summed E-state index contributed by atoms with van der Waals surface area (Å²) < 4.78 is 7.08. The van der Waals surface area contributed by atoms with Gasteiger partial charge in [0.15, 0.2) is 5.65 Å². The first-order valence-corrected chi connectivity index (χ1v) is 9.90. The number of aromatic nitrogens is 3. The van der Waals surface area contributed by atoms with E-state index in [9.17, 15) is 9.59 Å². The van der Waals surface area contributed by atoms with E-state index in [1.54, 1.807) is 11.6 Å². The van der Waals surface area contributed by atoms with Crippen LogP contribution in [-0.2, 0) is 22.4 Å². The van der Waals surface area contributed by atoms with Crippen molar-refractivity contribution in [2.75, 3.05) is 7.11 Å². The van der Waals surface area contributed by atoms with Crippen LogP contribution >= 0.6 is 0 Å². The number of Topliss-reactive ketones (excluding diaryl/α,β-unsaturated/α-hetero) is 2. The molecule has 0 aliphatic heterocycles. The fraction of sp³-hybridized carbons (Fsp3) is 0.391. The largest absolute Gasteiger partial charge is 0.497 e. The summed E-state index contributed by atoms with van der Waals surface area (Å²) in [6, 6.07) is 5.92. The van der Waals surface area contributed by atoms with Gasteiger partial charge in [-0.15, -0.1) is 0 Å². The van der Waals surface area contributed by atoms with Crippen LogP contribution in [0.5, 0.6) is 5.75 Å². The first-order valence-electron chi connectivity index (χ1n) is 9.90. The Morgan fingerprint density at radius 1 is 1.14 bits per heavy atom. The van der Waals surface area contributed by atoms with Crippen LogP contribution in [0, 0.1) is 13.8 Å². The molecule has 0 N–H and O–H groups in total. The number of hydrogen-bond acceptors (Lipinski definition) is 5. The van der Waals surface area contributed by atoms with Gasteiger partial charge in [-0.25, -0.2) is 9.50 Å². The molecular formula is C23H25N3O3. The Hall–Kier alpha value is -3.02. The standard InChI is InChI=1S/C23H25N3O3/c1-12-11-16(29-5)9-10-17(12)20-13(2)25-26-22(21(14(3)27)15(4)28)18-7-6-8-19(18)24-23(20)26/h9-11,21H,6-8H2,1-5H3. The Kier molecular flexibility index (Phi) is 4.73. The maximum atomic E-state index is 12.4. The second-order valence-electron chi connectivity index (χ2n) is 7.81. The molecular weight excluding hydrogens is 366 g/mol. The molecule has 0 atom stereocenters. The number of aryl methyl sites for hydroxylation is 3. The van der Waals surface area contributed by atoms with Crippen LogP contribution in [0.25, 0.3) is 16.8 Å². The minimum atomic E-state index is -0.809. The Morgan fingerprint density at radius 3 is 2.48 bits per heavy atom. The number of hydrogen-bond donors (Lipinski definition) is 0. The van der Waals surface area contributed by atoms with E-state index in [2.05, 4.69) is 0 Å². The Bertz CT molecular complexity index is 1150. The third-order valence-corrected chi connectivity index (χ3v) is 5.79. The van der Waals surface area contributed by atoms with Crippen LogP contribution in [-0.4, -0.2) is 33.3 Å². The smallest absolute Gasteiger partial charge is 0.163 e. The van der Waals surface area contributed by atoms with Crippen molar-refractivity contribution in [3.8, 4) is 16.9 Å². The van der Waals surface area contributed by atoms with E-state index in [-0.39, 0.29) is 11.6 Å². The molecule has 1 aliphatic rings. The zero-order chi connectivity index (χ0) is 20.9. The average molecular weight is 391 g/mol. The Labute approximate surface area is 169 Å². The lowest BCUT2D eigenvalue weighted by molar-refractivity contribution is -0.127. The van der Waals surface area contributed by atoms with E-state index < -0.39 is 5.92 Å². The lowest BCUT2D eigenvalue weighted by Gasteiger charge is -2.17. The first kappa shape index (κ1) is 19.3. The van der Waals surface area contributed by atoms with Gasteiger partial charge in [-0.1, -0.05) is 6.07 Å². The molecule has 0 fully saturated rings. The van der Waals surface area contributed by atoms with E-state index in [0.717, 1.165) is 58.7 Å². The molecule has 0 bridgehead atoms. The summed E-state index contributed by atoms with van der Waals surface area (Å²) >= 11 is 0. The maximum absolute atomic E-state index is 12.4. The predicted octanol–water partition coefficient (Wildman–Crippen LogP) is 3.77. The quantitative estimate of drug-likeness (QED) is 0.619. The van der Waals surface area contributed by atoms with E-state index >= 15 is 0 Å². The second-order valence-corrected chi connectivity index (χ2v) is 7.81. The van der Waals surface area contributed by atoms with Crippen molar-refractivity contribution >= 4 is 17.2 Å². The molecule has 29 heavy (non-hydrogen) atoms. The lowest BCUT2D eigenvalue weighted by atomic mass is 9.92. The fourth-order valence-electron chi connectivity index (χ4n) is 4.50. The summed E-state index contributed by atoms with van der Waals surface area (Å²) in [4.78, 5) is 29.8. The van der Waals surface area contributed by atoms with Crippen LogP contribution < -0.4 is 4.74 Å². The van der Waals surface area contributed by atoms with E-state index in [1.165, 1.54) is 13.8 Å². The van der Waals surface area contributed by atoms with Gasteiger partial charge >= 0.3 is 0 Å². The van der Waals surface area contributed by atoms with Crippen molar-refractivity contribution in [2.45, 2.75) is 52.9 Å². The Balaban J connectivity index is 2.06. The molecule has 150 valence electrons. The number of ketones is 2. The SMILES string of the molecule is COc1ccc(-c2c(C)nn3c(C(C(C)=O)C(C)=O)c4c(nc23)CCC4)c(C)c1. The minimum absolute atomic E-state index is 0.158. The second kappa shape index (κ2) is 7.10. The van der Waals surface area contributed by atoms with Gasteiger partial charge in [0.2, 0.25) is 0 Å². The highest BCUT2D eigenvalue weighted by atomic mass is 16.5. The number of carbonyl (C=O) groups is 2. The molecule has 0 spiro atoms. The highest BCUT2D eigenvalue weighted by molar-refractivity contribution is 6.05. The van der Waals surface area contributed by atoms with Gasteiger partial charge < -0.3 is 4.74 Å². The molecule has 0 radical (unpaired) electrons. The molecule has 2 heterocycles. The molecule has 1 aliphatic carbocycles. The monoisotopic (exact) mass is 391 g/mol. The van der Waals surface area contributed by atoms with Crippen LogP contribution in [0.3, 0.4) is 0 Å². The van der Waals surface area contributed by atoms with E-state index in [0.29, 0.717) is 11.3 Å². The van der Waals surface area contributed by atoms with Crippen molar-refractivity contribution in [3.05, 3.63) is 46.4 Å². The highest BCUT2D eigenvalue weighted by Gasteiger charge is 2.33. The molecule has 2 aromatic heterocycles. The van der Waals surface area contributed by atoms with Crippen molar-refractivity contribution in [3.63, 3.8) is 0 Å². The van der Waals surface area contributed by atoms with Crippen molar-refractivity contribution < 1.29 is 14.3 Å². The van der Waals surface area contributed by atoms with Crippen LogP contribution in [0.4, 0.5) is 0 Å². The van der Waals surface area contributed by atoms with Crippen LogP contribution in [0.2, 0.25) is 0 Å². The van der Waals surface area contributed by atoms with Gasteiger partial charge in [0.1, 0.15) is 23.2 Å². The van der Waals surface area contributed by atoms with Crippen LogP contribution in [0.1, 0.15) is 54.4 Å². The average Bonchev–Trinajstić information content (AvgIpc) is 3.25. The number of benzene rings is 1. The van der Waals surface area contributed by atoms with Crippen molar-refractivity contribution in [2.24, 2.45) is 0 Å². The van der Waals surface area contributed by atoms with Crippen molar-refractivity contribution in [1.82, 2.24) is 14.6 Å². The van der Waals surface area contributed by atoms with Gasteiger partial charge in [-0.3, -0.25) is 9.59 Å². The van der Waals surface area contributed by atoms with Gasteiger partial charge in [0.05, 0.1) is 18.5 Å². The zero-order valence-corrected chi connectivity index (χ0v) is 17.5.